The van der Waals surface area contributed by atoms with Crippen LogP contribution in [0.3, 0.4) is 0 Å². The first kappa shape index (κ1) is 59.7. The lowest BCUT2D eigenvalue weighted by molar-refractivity contribution is -0.146. The SMILES string of the molecule is C=CCCOC(=O)[C@H](C)NP(=O)(OCC1OC(n2ccc(=O)[nH]c2=O)[C@](C)(F)[C@@H]1O)Oc1ccccc1.C=CCCOC(=O)[C@H](C)NP(=O)(OCC1OC(n2ccc(=O)[nH]c2=O)[C@](C)(F)[C@@H]1OC)Oc1ccccc1. The highest BCUT2D eigenvalue weighted by atomic mass is 31.2. The van der Waals surface area contributed by atoms with E-state index in [0.717, 1.165) is 40.6 Å². The summed E-state index contributed by atoms with van der Waals surface area (Å²) in [4.78, 5) is 75.9. The molecule has 0 saturated carbocycles. The minimum atomic E-state index is -4.32. The zero-order chi connectivity index (χ0) is 55.1. The number of halogens is 2. The van der Waals surface area contributed by atoms with Crippen molar-refractivity contribution in [1.29, 1.82) is 0 Å². The third-order valence-corrected chi connectivity index (χ3v) is 14.4. The molecule has 2 aromatic heterocycles. The molecule has 4 heterocycles. The van der Waals surface area contributed by atoms with E-state index in [4.69, 9.17) is 41.8 Å². The number of methoxy groups -OCH3 is 1. The highest BCUT2D eigenvalue weighted by Crippen LogP contribution is 2.49. The third-order valence-electron chi connectivity index (χ3n) is 11.2. The molecular formula is C47H60F2N6O18P2. The largest absolute Gasteiger partial charge is 0.464 e. The normalized spacial score (nSPS) is 25.5. The first-order chi connectivity index (χ1) is 35.5. The number of alkyl halides is 2. The van der Waals surface area contributed by atoms with Crippen LogP contribution in [0.15, 0.2) is 130 Å². The van der Waals surface area contributed by atoms with E-state index in [1.807, 2.05) is 9.97 Å². The number of para-hydroxylation sites is 2. The summed E-state index contributed by atoms with van der Waals surface area (Å²) in [7, 11) is -7.35. The minimum Gasteiger partial charge on any atom is -0.464 e. The number of nitrogens with one attached hydrogen (secondary N) is 4. The zero-order valence-electron chi connectivity index (χ0n) is 41.4. The second-order valence-electron chi connectivity index (χ2n) is 17.1. The van der Waals surface area contributed by atoms with Crippen LogP contribution in [0.25, 0.3) is 0 Å². The van der Waals surface area contributed by atoms with Crippen molar-refractivity contribution in [1.82, 2.24) is 29.3 Å². The number of aliphatic hydroxyl groups is 1. The Kier molecular flexibility index (Phi) is 21.1. The van der Waals surface area contributed by atoms with Crippen LogP contribution < -0.4 is 41.7 Å². The standard InChI is InChI=1S/C24H31FN3O9P.C23H29FN3O9P/c1-5-6-14-34-21(30)16(2)27-38(32,37-17-10-8-7-9-11-17)35-15-18-20(33-4)24(3,25)22(36-18)28-13-12-19(29)26-23(28)31;1-4-5-13-33-20(30)15(2)26-37(32,36-16-9-7-6-8-10-16)34-14-17-19(29)23(3,24)21(35-17)27-12-11-18(28)25-22(27)31/h5,7-13,16,18,20,22H,1,6,14-15H2,2-4H3,(H,27,32)(H,26,29,31);4,6-12,15,17,19,21,29H,1,5,13-14H2,2-3H3,(H,26,32)(H,25,28,31)/t16-,18?,20+,22?,24+,38?;15-,17?,19+,21?,23+,37?/m00/s1. The molecule has 5 N–H and O–H groups in total. The number of carbonyl (C=O) groups is 2. The highest BCUT2D eigenvalue weighted by molar-refractivity contribution is 7.52. The fourth-order valence-electron chi connectivity index (χ4n) is 7.37. The molecule has 0 spiro atoms. The van der Waals surface area contributed by atoms with Gasteiger partial charge in [0.25, 0.3) is 11.1 Å². The summed E-state index contributed by atoms with van der Waals surface area (Å²) in [6.45, 7) is 11.1. The number of esters is 2. The molecule has 75 heavy (non-hydrogen) atoms. The monoisotopic (exact) mass is 1100 g/mol. The molecule has 24 nitrogen and oxygen atoms in total. The molecule has 2 aromatic carbocycles. The van der Waals surface area contributed by atoms with Crippen molar-refractivity contribution >= 4 is 27.4 Å². The van der Waals surface area contributed by atoms with Gasteiger partial charge in [-0.2, -0.15) is 10.2 Å². The van der Waals surface area contributed by atoms with Gasteiger partial charge in [-0.1, -0.05) is 48.6 Å². The van der Waals surface area contributed by atoms with Gasteiger partial charge in [-0.05, 0) is 64.8 Å². The van der Waals surface area contributed by atoms with Crippen molar-refractivity contribution in [3.05, 3.63) is 152 Å². The summed E-state index contributed by atoms with van der Waals surface area (Å²) in [5, 5.41) is 15.6. The average Bonchev–Trinajstić information content (AvgIpc) is 3.75. The number of aromatic amines is 2. The first-order valence-corrected chi connectivity index (χ1v) is 26.2. The zero-order valence-corrected chi connectivity index (χ0v) is 43.2. The van der Waals surface area contributed by atoms with Crippen LogP contribution in [-0.2, 0) is 51.5 Å². The van der Waals surface area contributed by atoms with Crippen LogP contribution in [0.1, 0.15) is 53.0 Å². The van der Waals surface area contributed by atoms with Crippen LogP contribution in [0.4, 0.5) is 8.78 Å². The van der Waals surface area contributed by atoms with Crippen LogP contribution in [0.2, 0.25) is 0 Å². The molecule has 0 bridgehead atoms. The molecule has 2 aliphatic heterocycles. The predicted octanol–water partition coefficient (Wildman–Crippen LogP) is 4.30. The molecule has 28 heteroatoms. The van der Waals surface area contributed by atoms with Gasteiger partial charge in [0.05, 0.1) is 26.4 Å². The second kappa shape index (κ2) is 26.5. The molecule has 12 atom stereocenters. The second-order valence-corrected chi connectivity index (χ2v) is 20.5. The van der Waals surface area contributed by atoms with Gasteiger partial charge in [-0.25, -0.2) is 27.5 Å². The Bertz CT molecular complexity index is 2900. The fourth-order valence-corrected chi connectivity index (χ4v) is 10.4. The van der Waals surface area contributed by atoms with E-state index < -0.39 is 123 Å². The van der Waals surface area contributed by atoms with Crippen molar-refractivity contribution in [2.75, 3.05) is 33.5 Å². The van der Waals surface area contributed by atoms with E-state index in [2.05, 4.69) is 23.3 Å². The average molecular weight is 1100 g/mol. The summed E-state index contributed by atoms with van der Waals surface area (Å²) in [6, 6.07) is 15.9. The lowest BCUT2D eigenvalue weighted by Crippen LogP contribution is -2.44. The Balaban J connectivity index is 0.000000277. The van der Waals surface area contributed by atoms with E-state index >= 15 is 8.78 Å². The molecule has 2 aliphatic rings. The van der Waals surface area contributed by atoms with Crippen molar-refractivity contribution < 1.29 is 74.4 Å². The minimum absolute atomic E-state index is 0.0712. The van der Waals surface area contributed by atoms with Crippen molar-refractivity contribution in [3.63, 3.8) is 0 Å². The number of H-pyrrole nitrogens is 2. The Hall–Kier alpha value is -6.18. The molecular weight excluding hydrogens is 1040 g/mol. The maximum atomic E-state index is 15.8. The number of aromatic nitrogens is 4. The van der Waals surface area contributed by atoms with E-state index in [-0.39, 0.29) is 24.7 Å². The number of carbonyl (C=O) groups excluding carboxylic acids is 2. The molecule has 2 fully saturated rings. The molecule has 0 amide bonds. The molecule has 6 rings (SSSR count). The summed E-state index contributed by atoms with van der Waals surface area (Å²) in [5.41, 5.74) is -7.93. The smallest absolute Gasteiger partial charge is 0.459 e. The molecule has 0 aliphatic carbocycles. The first-order valence-electron chi connectivity index (χ1n) is 23.1. The Morgan fingerprint density at radius 2 is 1.12 bits per heavy atom. The van der Waals surface area contributed by atoms with Gasteiger partial charge in [0.15, 0.2) is 23.8 Å². The molecule has 2 saturated heterocycles. The quantitative estimate of drug-likeness (QED) is 0.0267. The van der Waals surface area contributed by atoms with E-state index in [0.29, 0.717) is 12.8 Å². The van der Waals surface area contributed by atoms with Gasteiger partial charge in [-0.3, -0.25) is 47.3 Å². The molecule has 410 valence electrons. The van der Waals surface area contributed by atoms with Gasteiger partial charge in [-0.15, -0.1) is 13.2 Å². The number of hydrogen-bond acceptors (Lipinski definition) is 18. The van der Waals surface area contributed by atoms with Crippen LogP contribution in [0.5, 0.6) is 11.5 Å². The van der Waals surface area contributed by atoms with Gasteiger partial charge in [0.1, 0.15) is 48.0 Å². The summed E-state index contributed by atoms with van der Waals surface area (Å²) >= 11 is 0. The van der Waals surface area contributed by atoms with E-state index in [1.54, 1.807) is 48.6 Å². The molecule has 6 unspecified atom stereocenters. The van der Waals surface area contributed by atoms with Crippen molar-refractivity contribution in [2.24, 2.45) is 0 Å². The molecule has 4 aromatic rings. The lowest BCUT2D eigenvalue weighted by Gasteiger charge is -2.27. The van der Waals surface area contributed by atoms with Crippen molar-refractivity contribution in [3.8, 4) is 11.5 Å². The Morgan fingerprint density at radius 3 is 1.52 bits per heavy atom. The number of hydrogen-bond donors (Lipinski definition) is 5. The number of nitrogens with zero attached hydrogens (tertiary/aromatic N) is 2. The Morgan fingerprint density at radius 1 is 0.720 bits per heavy atom. The topological polar surface area (TPSA) is 305 Å². The number of aliphatic hydroxyl groups excluding tert-OH is 1. The fraction of sp³-hybridized carbons (Fsp3) is 0.447. The summed E-state index contributed by atoms with van der Waals surface area (Å²) in [5.74, 6) is -1.10. The maximum absolute atomic E-state index is 15.8. The summed E-state index contributed by atoms with van der Waals surface area (Å²) in [6.07, 6.45) is -2.62. The van der Waals surface area contributed by atoms with Gasteiger partial charge < -0.3 is 37.8 Å². The van der Waals surface area contributed by atoms with Crippen LogP contribution in [0, 0.1) is 0 Å². The highest BCUT2D eigenvalue weighted by Gasteiger charge is 2.58. The van der Waals surface area contributed by atoms with Crippen LogP contribution >= 0.6 is 15.5 Å². The predicted molar refractivity (Wildman–Crippen MR) is 264 cm³/mol. The third kappa shape index (κ3) is 15.9. The maximum Gasteiger partial charge on any atom is 0.459 e. The van der Waals surface area contributed by atoms with Crippen molar-refractivity contribution in [2.45, 2.75) is 101 Å². The molecule has 0 radical (unpaired) electrons. The number of benzene rings is 2. The van der Waals surface area contributed by atoms with E-state index in [1.165, 1.54) is 52.1 Å². The number of ether oxygens (including phenoxy) is 5. The van der Waals surface area contributed by atoms with Gasteiger partial charge >= 0.3 is 38.8 Å². The van der Waals surface area contributed by atoms with Gasteiger partial charge in [0, 0.05) is 31.6 Å². The number of rotatable bonds is 25. The van der Waals surface area contributed by atoms with E-state index in [9.17, 15) is 43.0 Å². The Labute approximate surface area is 428 Å². The van der Waals surface area contributed by atoms with Crippen LogP contribution in [-0.4, -0.2) is 118 Å². The lowest BCUT2D eigenvalue weighted by atomic mass is 9.98. The summed E-state index contributed by atoms with van der Waals surface area (Å²) < 4.78 is 109. The van der Waals surface area contributed by atoms with Gasteiger partial charge in [0.2, 0.25) is 0 Å².